The third kappa shape index (κ3) is 3.08. The van der Waals surface area contributed by atoms with E-state index in [4.69, 9.17) is 9.84 Å². The van der Waals surface area contributed by atoms with Gasteiger partial charge in [0, 0.05) is 12.2 Å². The van der Waals surface area contributed by atoms with E-state index in [1.165, 1.54) is 4.90 Å². The van der Waals surface area contributed by atoms with Gasteiger partial charge >= 0.3 is 5.97 Å². The Hall–Kier alpha value is -1.95. The van der Waals surface area contributed by atoms with Crippen LogP contribution in [-0.2, 0) is 9.53 Å². The van der Waals surface area contributed by atoms with Crippen molar-refractivity contribution in [3.05, 3.63) is 29.6 Å². The van der Waals surface area contributed by atoms with Crippen molar-refractivity contribution in [2.24, 2.45) is 0 Å². The van der Waals surface area contributed by atoms with Crippen molar-refractivity contribution in [2.45, 2.75) is 26.1 Å². The number of carboxylic acid groups (broad SMARTS) is 1. The Bertz CT molecular complexity index is 503. The van der Waals surface area contributed by atoms with Gasteiger partial charge in [0.2, 0.25) is 0 Å². The number of pyridine rings is 1. The number of aromatic nitrogens is 1. The van der Waals surface area contributed by atoms with Crippen LogP contribution in [0, 0.1) is 6.92 Å². The van der Waals surface area contributed by atoms with E-state index in [0.717, 1.165) is 5.69 Å². The zero-order chi connectivity index (χ0) is 14.0. The molecule has 1 fully saturated rings. The fraction of sp³-hybridized carbons (Fsp3) is 0.462. The van der Waals surface area contributed by atoms with Crippen molar-refractivity contribution in [3.8, 4) is 0 Å². The lowest BCUT2D eigenvalue weighted by molar-refractivity contribution is -0.160. The van der Waals surface area contributed by atoms with Crippen LogP contribution in [0.15, 0.2) is 18.2 Å². The minimum atomic E-state index is -1.05. The second kappa shape index (κ2) is 5.36. The summed E-state index contributed by atoms with van der Waals surface area (Å²) in [5.74, 6) is -1.31. The molecular weight excluding hydrogens is 248 g/mol. The maximum atomic E-state index is 12.3. The Morgan fingerprint density at radius 2 is 2.16 bits per heavy atom. The average Bonchev–Trinajstić information content (AvgIpc) is 2.37. The number of carbonyl (C=O) groups is 2. The molecule has 0 spiro atoms. The van der Waals surface area contributed by atoms with Crippen molar-refractivity contribution in [1.29, 1.82) is 0 Å². The van der Waals surface area contributed by atoms with Crippen LogP contribution < -0.4 is 0 Å². The zero-order valence-corrected chi connectivity index (χ0v) is 10.9. The van der Waals surface area contributed by atoms with Crippen molar-refractivity contribution in [1.82, 2.24) is 9.88 Å². The normalized spacial score (nSPS) is 23.2. The molecule has 2 rings (SSSR count). The van der Waals surface area contributed by atoms with Crippen molar-refractivity contribution in [2.75, 3.05) is 13.1 Å². The molecular formula is C13H16N2O4. The Labute approximate surface area is 111 Å². The van der Waals surface area contributed by atoms with Gasteiger partial charge in [-0.2, -0.15) is 0 Å². The number of amides is 1. The van der Waals surface area contributed by atoms with Gasteiger partial charge in [-0.05, 0) is 26.0 Å². The van der Waals surface area contributed by atoms with E-state index < -0.39 is 12.1 Å². The molecule has 6 heteroatoms. The molecule has 0 radical (unpaired) electrons. The van der Waals surface area contributed by atoms with Gasteiger partial charge in [-0.3, -0.25) is 4.79 Å². The quantitative estimate of drug-likeness (QED) is 0.850. The highest BCUT2D eigenvalue weighted by Gasteiger charge is 2.33. The molecule has 102 valence electrons. The Morgan fingerprint density at radius 3 is 2.79 bits per heavy atom. The largest absolute Gasteiger partial charge is 0.479 e. The average molecular weight is 264 g/mol. The molecule has 1 aromatic rings. The maximum Gasteiger partial charge on any atom is 0.334 e. The van der Waals surface area contributed by atoms with E-state index in [1.807, 2.05) is 0 Å². The number of aryl methyl sites for hydroxylation is 1. The van der Waals surface area contributed by atoms with E-state index in [9.17, 15) is 9.59 Å². The summed E-state index contributed by atoms with van der Waals surface area (Å²) < 4.78 is 5.27. The van der Waals surface area contributed by atoms with Gasteiger partial charge in [0.25, 0.3) is 5.91 Å². The zero-order valence-electron chi connectivity index (χ0n) is 10.9. The Kier molecular flexibility index (Phi) is 3.80. The highest BCUT2D eigenvalue weighted by atomic mass is 16.5. The van der Waals surface area contributed by atoms with E-state index in [1.54, 1.807) is 32.0 Å². The molecule has 1 N–H and O–H groups in total. The van der Waals surface area contributed by atoms with Crippen molar-refractivity contribution < 1.29 is 19.4 Å². The lowest BCUT2D eigenvalue weighted by atomic mass is 10.2. The minimum Gasteiger partial charge on any atom is -0.479 e. The molecule has 1 saturated heterocycles. The standard InChI is InChI=1S/C13H16N2O4/c1-8-4-3-5-10(14-8)12(16)15-6-9(2)19-11(7-15)13(17)18/h3-5,9,11H,6-7H2,1-2H3,(H,17,18)/t9-,11?/m1/s1. The molecule has 19 heavy (non-hydrogen) atoms. The van der Waals surface area contributed by atoms with Gasteiger partial charge in [-0.25, -0.2) is 9.78 Å². The molecule has 1 unspecified atom stereocenters. The number of rotatable bonds is 2. The third-order valence-electron chi connectivity index (χ3n) is 2.93. The molecule has 1 aliphatic heterocycles. The van der Waals surface area contributed by atoms with Gasteiger partial charge in [0.15, 0.2) is 6.10 Å². The van der Waals surface area contributed by atoms with Crippen LogP contribution in [0.1, 0.15) is 23.1 Å². The van der Waals surface area contributed by atoms with Crippen molar-refractivity contribution >= 4 is 11.9 Å². The summed E-state index contributed by atoms with van der Waals surface area (Å²) in [5, 5.41) is 8.99. The van der Waals surface area contributed by atoms with Crippen LogP contribution in [0.3, 0.4) is 0 Å². The molecule has 1 aliphatic rings. The smallest absolute Gasteiger partial charge is 0.334 e. The number of nitrogens with zero attached hydrogens (tertiary/aromatic N) is 2. The summed E-state index contributed by atoms with van der Waals surface area (Å²) in [4.78, 5) is 28.9. The number of morpholine rings is 1. The van der Waals surface area contributed by atoms with Gasteiger partial charge < -0.3 is 14.7 Å². The first-order valence-corrected chi connectivity index (χ1v) is 6.08. The summed E-state index contributed by atoms with van der Waals surface area (Å²) >= 11 is 0. The van der Waals surface area contributed by atoms with E-state index >= 15 is 0 Å². The molecule has 0 bridgehead atoms. The van der Waals surface area contributed by atoms with Crippen molar-refractivity contribution in [3.63, 3.8) is 0 Å². The minimum absolute atomic E-state index is 0.0497. The fourth-order valence-electron chi connectivity index (χ4n) is 2.08. The Morgan fingerprint density at radius 1 is 1.42 bits per heavy atom. The third-order valence-corrected chi connectivity index (χ3v) is 2.93. The van der Waals surface area contributed by atoms with E-state index in [0.29, 0.717) is 12.2 Å². The predicted octanol–water partition coefficient (Wildman–Crippen LogP) is 0.704. The first kappa shape index (κ1) is 13.5. The lowest BCUT2D eigenvalue weighted by Crippen LogP contribution is -2.51. The van der Waals surface area contributed by atoms with Gasteiger partial charge in [0.05, 0.1) is 12.6 Å². The van der Waals surface area contributed by atoms with Crippen LogP contribution >= 0.6 is 0 Å². The molecule has 0 aromatic carbocycles. The molecule has 1 aromatic heterocycles. The monoisotopic (exact) mass is 264 g/mol. The maximum absolute atomic E-state index is 12.3. The topological polar surface area (TPSA) is 79.7 Å². The number of carboxylic acids is 1. The Balaban J connectivity index is 2.16. The summed E-state index contributed by atoms with van der Waals surface area (Å²) in [6, 6.07) is 5.19. The summed E-state index contributed by atoms with van der Waals surface area (Å²) in [5.41, 5.74) is 1.08. The summed E-state index contributed by atoms with van der Waals surface area (Å²) in [6.07, 6.45) is -1.28. The number of aliphatic carboxylic acids is 1. The van der Waals surface area contributed by atoms with Crippen LogP contribution in [0.5, 0.6) is 0 Å². The van der Waals surface area contributed by atoms with Gasteiger partial charge in [-0.15, -0.1) is 0 Å². The van der Waals surface area contributed by atoms with E-state index in [2.05, 4.69) is 4.98 Å². The summed E-state index contributed by atoms with van der Waals surface area (Å²) in [6.45, 7) is 3.98. The highest BCUT2D eigenvalue weighted by Crippen LogP contribution is 2.14. The second-order valence-corrected chi connectivity index (χ2v) is 4.65. The first-order valence-electron chi connectivity index (χ1n) is 6.08. The number of hydrogen-bond acceptors (Lipinski definition) is 4. The molecule has 2 heterocycles. The van der Waals surface area contributed by atoms with Gasteiger partial charge in [0.1, 0.15) is 5.69 Å². The molecule has 0 saturated carbocycles. The van der Waals surface area contributed by atoms with Gasteiger partial charge in [-0.1, -0.05) is 6.07 Å². The fourth-order valence-corrected chi connectivity index (χ4v) is 2.08. The van der Waals surface area contributed by atoms with Crippen LogP contribution in [-0.4, -0.2) is 52.2 Å². The van der Waals surface area contributed by atoms with Crippen LogP contribution in [0.25, 0.3) is 0 Å². The predicted molar refractivity (Wildman–Crippen MR) is 66.8 cm³/mol. The molecule has 2 atom stereocenters. The molecule has 0 aliphatic carbocycles. The number of carbonyl (C=O) groups excluding carboxylic acids is 1. The molecule has 6 nitrogen and oxygen atoms in total. The number of ether oxygens (including phenoxy) is 1. The second-order valence-electron chi connectivity index (χ2n) is 4.65. The van der Waals surface area contributed by atoms with E-state index in [-0.39, 0.29) is 18.6 Å². The lowest BCUT2D eigenvalue weighted by Gasteiger charge is -2.34. The first-order chi connectivity index (χ1) is 8.97. The van der Waals surface area contributed by atoms with Crippen LogP contribution in [0.4, 0.5) is 0 Å². The summed E-state index contributed by atoms with van der Waals surface area (Å²) in [7, 11) is 0. The SMILES string of the molecule is Cc1cccc(C(=O)N2CC(C(=O)O)O[C@H](C)C2)n1. The molecule has 1 amide bonds. The van der Waals surface area contributed by atoms with Crippen LogP contribution in [0.2, 0.25) is 0 Å². The highest BCUT2D eigenvalue weighted by molar-refractivity contribution is 5.92. The number of hydrogen-bond donors (Lipinski definition) is 1.